The molecule has 1 N–H and O–H groups in total. The summed E-state index contributed by atoms with van der Waals surface area (Å²) in [5.41, 5.74) is 0.852. The average molecular weight is 368 g/mol. The minimum Gasteiger partial charge on any atom is -0.448 e. The van der Waals surface area contributed by atoms with Crippen molar-refractivity contribution in [2.24, 2.45) is 0 Å². The SMILES string of the molecule is CCNC(=O)c1cccc2c1c(=O)n(Cc1cccnc1)n2C(=O)OCC. The number of aromatic nitrogens is 3. The molecule has 0 unspecified atom stereocenters. The quantitative estimate of drug-likeness (QED) is 0.743. The topological polar surface area (TPSA) is 95.2 Å². The van der Waals surface area contributed by atoms with Crippen LogP contribution in [-0.2, 0) is 11.3 Å². The molecule has 0 aliphatic carbocycles. The van der Waals surface area contributed by atoms with E-state index in [4.69, 9.17) is 4.74 Å². The van der Waals surface area contributed by atoms with Gasteiger partial charge in [0.1, 0.15) is 0 Å². The third-order valence-corrected chi connectivity index (χ3v) is 4.04. The van der Waals surface area contributed by atoms with Gasteiger partial charge in [-0.05, 0) is 37.6 Å². The predicted octanol–water partition coefficient (Wildman–Crippen LogP) is 2.00. The number of fused-ring (bicyclic) bond motifs is 1. The van der Waals surface area contributed by atoms with Crippen LogP contribution < -0.4 is 10.9 Å². The van der Waals surface area contributed by atoms with E-state index in [0.717, 1.165) is 5.56 Å². The molecule has 0 aliphatic heterocycles. The van der Waals surface area contributed by atoms with Crippen molar-refractivity contribution >= 4 is 22.9 Å². The van der Waals surface area contributed by atoms with Gasteiger partial charge < -0.3 is 10.1 Å². The second kappa shape index (κ2) is 7.86. The molecule has 27 heavy (non-hydrogen) atoms. The molecule has 0 bridgehead atoms. The Bertz CT molecular complexity index is 1040. The zero-order chi connectivity index (χ0) is 19.4. The van der Waals surface area contributed by atoms with Crippen LogP contribution >= 0.6 is 0 Å². The van der Waals surface area contributed by atoms with Crippen LogP contribution in [0.2, 0.25) is 0 Å². The molecule has 0 spiro atoms. The van der Waals surface area contributed by atoms with E-state index in [9.17, 15) is 14.4 Å². The molecule has 3 aromatic rings. The van der Waals surface area contributed by atoms with E-state index in [1.54, 1.807) is 56.6 Å². The lowest BCUT2D eigenvalue weighted by molar-refractivity contribution is 0.0957. The van der Waals surface area contributed by atoms with E-state index in [2.05, 4.69) is 10.3 Å². The van der Waals surface area contributed by atoms with E-state index in [1.807, 2.05) is 0 Å². The normalized spacial score (nSPS) is 10.7. The highest BCUT2D eigenvalue weighted by Gasteiger charge is 2.23. The van der Waals surface area contributed by atoms with Gasteiger partial charge in [-0.2, -0.15) is 4.68 Å². The molecule has 8 heteroatoms. The maximum Gasteiger partial charge on any atom is 0.433 e. The molecule has 0 fully saturated rings. The van der Waals surface area contributed by atoms with Gasteiger partial charge >= 0.3 is 6.09 Å². The fourth-order valence-corrected chi connectivity index (χ4v) is 2.92. The molecule has 8 nitrogen and oxygen atoms in total. The number of carbonyl (C=O) groups is 2. The summed E-state index contributed by atoms with van der Waals surface area (Å²) in [6.45, 7) is 4.19. The molecule has 3 rings (SSSR count). The van der Waals surface area contributed by atoms with Crippen molar-refractivity contribution < 1.29 is 14.3 Å². The summed E-state index contributed by atoms with van der Waals surface area (Å²) >= 11 is 0. The molecular weight excluding hydrogens is 348 g/mol. The first-order valence-electron chi connectivity index (χ1n) is 8.67. The summed E-state index contributed by atoms with van der Waals surface area (Å²) in [7, 11) is 0. The van der Waals surface area contributed by atoms with Crippen molar-refractivity contribution in [2.75, 3.05) is 13.2 Å². The summed E-state index contributed by atoms with van der Waals surface area (Å²) in [6, 6.07) is 8.38. The summed E-state index contributed by atoms with van der Waals surface area (Å²) in [4.78, 5) is 42.1. The lowest BCUT2D eigenvalue weighted by atomic mass is 10.1. The maximum absolute atomic E-state index is 13.1. The number of nitrogens with one attached hydrogen (secondary N) is 1. The van der Waals surface area contributed by atoms with Crippen molar-refractivity contribution in [2.45, 2.75) is 20.4 Å². The Hall–Kier alpha value is -3.42. The van der Waals surface area contributed by atoms with E-state index < -0.39 is 11.7 Å². The molecule has 140 valence electrons. The fraction of sp³-hybridized carbons (Fsp3) is 0.263. The Kier molecular flexibility index (Phi) is 5.35. The third kappa shape index (κ3) is 3.46. The summed E-state index contributed by atoms with van der Waals surface area (Å²) in [5, 5.41) is 2.87. The largest absolute Gasteiger partial charge is 0.448 e. The second-order valence-electron chi connectivity index (χ2n) is 5.79. The van der Waals surface area contributed by atoms with E-state index >= 15 is 0 Å². The summed E-state index contributed by atoms with van der Waals surface area (Å²) < 4.78 is 7.57. The van der Waals surface area contributed by atoms with Crippen LogP contribution in [0.15, 0.2) is 47.5 Å². The number of hydrogen-bond donors (Lipinski definition) is 1. The molecule has 2 heterocycles. The van der Waals surface area contributed by atoms with Gasteiger partial charge in [-0.15, -0.1) is 0 Å². The first-order valence-corrected chi connectivity index (χ1v) is 8.67. The van der Waals surface area contributed by atoms with Crippen LogP contribution in [0.4, 0.5) is 4.79 Å². The highest BCUT2D eigenvalue weighted by Crippen LogP contribution is 2.18. The van der Waals surface area contributed by atoms with Crippen LogP contribution in [0, 0.1) is 0 Å². The Morgan fingerprint density at radius 3 is 2.67 bits per heavy atom. The van der Waals surface area contributed by atoms with Gasteiger partial charge in [0.25, 0.3) is 11.5 Å². The number of nitrogens with zero attached hydrogens (tertiary/aromatic N) is 3. The first-order chi connectivity index (χ1) is 13.1. The first kappa shape index (κ1) is 18.4. The van der Waals surface area contributed by atoms with Crippen molar-refractivity contribution in [3.8, 4) is 0 Å². The lowest BCUT2D eigenvalue weighted by Gasteiger charge is -2.11. The minimum absolute atomic E-state index is 0.120. The van der Waals surface area contributed by atoms with Crippen molar-refractivity contribution in [3.63, 3.8) is 0 Å². The van der Waals surface area contributed by atoms with Gasteiger partial charge in [0.15, 0.2) is 0 Å². The van der Waals surface area contributed by atoms with Crippen LogP contribution in [0.5, 0.6) is 0 Å². The predicted molar refractivity (Wildman–Crippen MR) is 100.0 cm³/mol. The summed E-state index contributed by atoms with van der Waals surface area (Å²) in [5.74, 6) is -0.366. The molecule has 1 amide bonds. The molecule has 2 aromatic heterocycles. The Morgan fingerprint density at radius 1 is 1.19 bits per heavy atom. The number of rotatable bonds is 5. The number of ether oxygens (including phenoxy) is 1. The molecule has 0 aliphatic rings. The van der Waals surface area contributed by atoms with Crippen LogP contribution in [0.1, 0.15) is 29.8 Å². The number of pyridine rings is 1. The molecular formula is C19H20N4O4. The molecule has 0 saturated carbocycles. The summed E-state index contributed by atoms with van der Waals surface area (Å²) in [6.07, 6.45) is 2.56. The van der Waals surface area contributed by atoms with Gasteiger partial charge in [0, 0.05) is 18.9 Å². The second-order valence-corrected chi connectivity index (χ2v) is 5.79. The number of carbonyl (C=O) groups excluding carboxylic acids is 2. The zero-order valence-electron chi connectivity index (χ0n) is 15.1. The van der Waals surface area contributed by atoms with Crippen LogP contribution in [-0.4, -0.2) is 39.5 Å². The van der Waals surface area contributed by atoms with Crippen molar-refractivity contribution in [3.05, 3.63) is 64.2 Å². The number of amides is 1. The highest BCUT2D eigenvalue weighted by atomic mass is 16.6. The fourth-order valence-electron chi connectivity index (χ4n) is 2.92. The van der Waals surface area contributed by atoms with Crippen molar-refractivity contribution in [1.82, 2.24) is 19.7 Å². The minimum atomic E-state index is -0.679. The highest BCUT2D eigenvalue weighted by molar-refractivity contribution is 6.07. The van der Waals surface area contributed by atoms with Gasteiger partial charge in [0.2, 0.25) is 0 Å². The maximum atomic E-state index is 13.1. The Labute approximate surface area is 155 Å². The number of hydrogen-bond acceptors (Lipinski definition) is 5. The van der Waals surface area contributed by atoms with Crippen LogP contribution in [0.25, 0.3) is 10.9 Å². The standard InChI is InChI=1S/C19H20N4O4/c1-3-21-17(24)14-8-5-9-15-16(14)18(25)22(23(15)19(26)27-4-2)12-13-7-6-10-20-11-13/h5-11H,3-4,12H2,1-2H3,(H,21,24). The van der Waals surface area contributed by atoms with Crippen molar-refractivity contribution in [1.29, 1.82) is 0 Å². The van der Waals surface area contributed by atoms with Gasteiger partial charge in [0.05, 0.1) is 29.6 Å². The molecule has 1 aromatic carbocycles. The van der Waals surface area contributed by atoms with E-state index in [1.165, 1.54) is 9.36 Å². The smallest absolute Gasteiger partial charge is 0.433 e. The Morgan fingerprint density at radius 2 is 2.00 bits per heavy atom. The number of benzene rings is 1. The van der Waals surface area contributed by atoms with E-state index in [-0.39, 0.29) is 30.0 Å². The van der Waals surface area contributed by atoms with Gasteiger partial charge in [-0.25, -0.2) is 9.48 Å². The molecule has 0 atom stereocenters. The molecule has 0 saturated heterocycles. The van der Waals surface area contributed by atoms with Gasteiger partial charge in [-0.1, -0.05) is 12.1 Å². The third-order valence-electron chi connectivity index (χ3n) is 4.04. The average Bonchev–Trinajstić information content (AvgIpc) is 2.95. The molecule has 0 radical (unpaired) electrons. The van der Waals surface area contributed by atoms with Gasteiger partial charge in [-0.3, -0.25) is 14.6 Å². The zero-order valence-corrected chi connectivity index (χ0v) is 15.1. The lowest BCUT2D eigenvalue weighted by Crippen LogP contribution is -2.29. The van der Waals surface area contributed by atoms with E-state index in [0.29, 0.717) is 12.1 Å². The van der Waals surface area contributed by atoms with Crippen LogP contribution in [0.3, 0.4) is 0 Å². The Balaban J connectivity index is 2.26. The monoisotopic (exact) mass is 368 g/mol.